The monoisotopic (exact) mass is 483 g/mol. The molecule has 1 aliphatic rings. The highest BCUT2D eigenvalue weighted by Gasteiger charge is 2.51. The van der Waals surface area contributed by atoms with E-state index >= 15 is 0 Å². The van der Waals surface area contributed by atoms with Gasteiger partial charge in [-0.15, -0.1) is 0 Å². The van der Waals surface area contributed by atoms with Crippen molar-refractivity contribution in [3.8, 4) is 0 Å². The summed E-state index contributed by atoms with van der Waals surface area (Å²) in [5.74, 6) is 0. The van der Waals surface area contributed by atoms with Gasteiger partial charge in [-0.3, -0.25) is 0 Å². The normalized spacial score (nSPS) is 21.7. The average molecular weight is 484 g/mol. The van der Waals surface area contributed by atoms with Crippen LogP contribution in [0.2, 0.25) is 5.04 Å². The van der Waals surface area contributed by atoms with Crippen molar-refractivity contribution in [1.82, 2.24) is 5.32 Å². The predicted octanol–water partition coefficient (Wildman–Crippen LogP) is 4.76. The molecular formula is C28H41NO4Si. The van der Waals surface area contributed by atoms with E-state index in [1.54, 1.807) is 0 Å². The Balaban J connectivity index is 1.77. The van der Waals surface area contributed by atoms with Crippen molar-refractivity contribution >= 4 is 24.8 Å². The topological polar surface area (TPSA) is 67.8 Å². The van der Waals surface area contributed by atoms with E-state index in [1.807, 2.05) is 32.9 Å². The molecule has 6 heteroatoms. The molecule has 3 rings (SSSR count). The van der Waals surface area contributed by atoms with Gasteiger partial charge in [-0.05, 0) is 61.9 Å². The third-order valence-electron chi connectivity index (χ3n) is 6.61. The van der Waals surface area contributed by atoms with Crippen LogP contribution in [0.4, 0.5) is 4.79 Å². The van der Waals surface area contributed by atoms with Crippen molar-refractivity contribution < 1.29 is 19.1 Å². The third-order valence-corrected chi connectivity index (χ3v) is 11.6. The molecule has 2 N–H and O–H groups in total. The van der Waals surface area contributed by atoms with Crippen LogP contribution in [0.15, 0.2) is 60.7 Å². The van der Waals surface area contributed by atoms with Crippen molar-refractivity contribution in [3.05, 3.63) is 60.7 Å². The summed E-state index contributed by atoms with van der Waals surface area (Å²) < 4.78 is 12.4. The SMILES string of the molecule is CC(C)(C)OC(=O)NC1CCC(O)(CO[Si](c2ccccc2)(c2ccccc2)C(C)(C)C)CC1. The number of amides is 1. The molecule has 2 aromatic carbocycles. The quantitative estimate of drug-likeness (QED) is 0.581. The summed E-state index contributed by atoms with van der Waals surface area (Å²) in [5, 5.41) is 16.7. The molecule has 0 heterocycles. The second kappa shape index (κ2) is 10.2. The Morgan fingerprint density at radius 1 is 0.941 bits per heavy atom. The number of hydrogen-bond donors (Lipinski definition) is 2. The molecule has 0 atom stereocenters. The first kappa shape index (κ1) is 26.5. The van der Waals surface area contributed by atoms with Gasteiger partial charge in [-0.1, -0.05) is 81.4 Å². The van der Waals surface area contributed by atoms with Crippen molar-refractivity contribution in [2.24, 2.45) is 0 Å². The fraction of sp³-hybridized carbons (Fsp3) is 0.536. The van der Waals surface area contributed by atoms with Crippen molar-refractivity contribution in [1.29, 1.82) is 0 Å². The van der Waals surface area contributed by atoms with Crippen LogP contribution in [0.25, 0.3) is 0 Å². The molecule has 0 unspecified atom stereocenters. The molecule has 0 spiro atoms. The molecular weight excluding hydrogens is 442 g/mol. The second-order valence-corrected chi connectivity index (χ2v) is 15.9. The van der Waals surface area contributed by atoms with E-state index in [-0.39, 0.29) is 17.7 Å². The Morgan fingerprint density at radius 2 is 1.41 bits per heavy atom. The maximum Gasteiger partial charge on any atom is 0.407 e. The van der Waals surface area contributed by atoms with Crippen LogP contribution in [0.3, 0.4) is 0 Å². The number of alkyl carbamates (subject to hydrolysis) is 1. The molecule has 0 radical (unpaired) electrons. The smallest absolute Gasteiger partial charge is 0.407 e. The number of nitrogens with one attached hydrogen (secondary N) is 1. The molecule has 0 saturated heterocycles. The minimum Gasteiger partial charge on any atom is -0.444 e. The van der Waals surface area contributed by atoms with Gasteiger partial charge in [0.05, 0.1) is 12.2 Å². The molecule has 186 valence electrons. The Hall–Kier alpha value is -2.15. The summed E-state index contributed by atoms with van der Waals surface area (Å²) in [7, 11) is -2.70. The van der Waals surface area contributed by atoms with Gasteiger partial charge in [-0.2, -0.15) is 0 Å². The number of rotatable bonds is 6. The Labute approximate surface area is 206 Å². The Morgan fingerprint density at radius 3 is 1.82 bits per heavy atom. The highest BCUT2D eigenvalue weighted by atomic mass is 28.4. The molecule has 2 aromatic rings. The summed E-state index contributed by atoms with van der Waals surface area (Å²) in [6, 6.07) is 21.0. The zero-order chi connectivity index (χ0) is 25.0. The van der Waals surface area contributed by atoms with E-state index in [2.05, 4.69) is 74.6 Å². The van der Waals surface area contributed by atoms with Crippen molar-refractivity contribution in [2.75, 3.05) is 6.61 Å². The van der Waals surface area contributed by atoms with Gasteiger partial charge in [-0.25, -0.2) is 4.79 Å². The maximum absolute atomic E-state index is 12.2. The second-order valence-electron chi connectivity index (χ2n) is 11.6. The van der Waals surface area contributed by atoms with Crippen LogP contribution in [-0.4, -0.2) is 43.4 Å². The number of aliphatic hydroxyl groups is 1. The van der Waals surface area contributed by atoms with Crippen LogP contribution >= 0.6 is 0 Å². The molecule has 0 aliphatic heterocycles. The molecule has 1 fully saturated rings. The van der Waals surface area contributed by atoms with E-state index in [0.29, 0.717) is 25.7 Å². The average Bonchev–Trinajstić information content (AvgIpc) is 2.75. The lowest BCUT2D eigenvalue weighted by molar-refractivity contribution is -0.0429. The van der Waals surface area contributed by atoms with Crippen LogP contribution in [-0.2, 0) is 9.16 Å². The van der Waals surface area contributed by atoms with Crippen molar-refractivity contribution in [2.45, 2.75) is 89.5 Å². The van der Waals surface area contributed by atoms with Crippen molar-refractivity contribution in [3.63, 3.8) is 0 Å². The van der Waals surface area contributed by atoms with E-state index in [4.69, 9.17) is 9.16 Å². The zero-order valence-corrected chi connectivity index (χ0v) is 22.6. The largest absolute Gasteiger partial charge is 0.444 e. The number of hydrogen-bond acceptors (Lipinski definition) is 4. The summed E-state index contributed by atoms with van der Waals surface area (Å²) >= 11 is 0. The summed E-state index contributed by atoms with van der Waals surface area (Å²) in [6.45, 7) is 12.6. The highest BCUT2D eigenvalue weighted by Crippen LogP contribution is 2.38. The predicted molar refractivity (Wildman–Crippen MR) is 140 cm³/mol. The van der Waals surface area contributed by atoms with E-state index < -0.39 is 25.6 Å². The number of ether oxygens (including phenoxy) is 1. The minimum absolute atomic E-state index is 0.00277. The van der Waals surface area contributed by atoms with Crippen LogP contribution in [0, 0.1) is 0 Å². The fourth-order valence-electron chi connectivity index (χ4n) is 4.92. The minimum atomic E-state index is -2.70. The fourth-order valence-corrected chi connectivity index (χ4v) is 9.56. The first-order chi connectivity index (χ1) is 15.8. The first-order valence-corrected chi connectivity index (χ1v) is 14.2. The summed E-state index contributed by atoms with van der Waals surface area (Å²) in [4.78, 5) is 12.2. The molecule has 0 aromatic heterocycles. The Bertz CT molecular complexity index is 887. The lowest BCUT2D eigenvalue weighted by Crippen LogP contribution is -2.67. The van der Waals surface area contributed by atoms with Gasteiger partial charge < -0.3 is 19.6 Å². The third kappa shape index (κ3) is 6.29. The van der Waals surface area contributed by atoms with Gasteiger partial charge >= 0.3 is 6.09 Å². The molecule has 1 amide bonds. The molecule has 1 aliphatic carbocycles. The van der Waals surface area contributed by atoms with Gasteiger partial charge in [0.2, 0.25) is 0 Å². The number of carbonyl (C=O) groups is 1. The Kier molecular flexibility index (Phi) is 7.95. The van der Waals surface area contributed by atoms with Gasteiger partial charge in [0.25, 0.3) is 8.32 Å². The van der Waals surface area contributed by atoms with Crippen LogP contribution in [0.5, 0.6) is 0 Å². The van der Waals surface area contributed by atoms with E-state index in [1.165, 1.54) is 10.4 Å². The summed E-state index contributed by atoms with van der Waals surface area (Å²) in [5.41, 5.74) is -1.44. The lowest BCUT2D eigenvalue weighted by Gasteiger charge is -2.45. The van der Waals surface area contributed by atoms with E-state index in [9.17, 15) is 9.90 Å². The zero-order valence-electron chi connectivity index (χ0n) is 21.6. The summed E-state index contributed by atoms with van der Waals surface area (Å²) in [6.07, 6.45) is 2.14. The molecule has 1 saturated carbocycles. The van der Waals surface area contributed by atoms with Gasteiger partial charge in [0, 0.05) is 6.04 Å². The standard InChI is InChI=1S/C28H41NO4Si/c1-26(2,3)33-25(30)29-22-17-19-28(31,20-18-22)21-32-34(27(4,5)6,23-13-9-7-10-14-23)24-15-11-8-12-16-24/h7-16,22,31H,17-21H2,1-6H3,(H,29,30). The van der Waals surface area contributed by atoms with Gasteiger partial charge in [0.1, 0.15) is 5.60 Å². The molecule has 34 heavy (non-hydrogen) atoms. The van der Waals surface area contributed by atoms with Crippen LogP contribution < -0.4 is 15.7 Å². The highest BCUT2D eigenvalue weighted by molar-refractivity contribution is 6.99. The van der Waals surface area contributed by atoms with Gasteiger partial charge in [0.15, 0.2) is 0 Å². The number of carbonyl (C=O) groups excluding carboxylic acids is 1. The van der Waals surface area contributed by atoms with E-state index in [0.717, 1.165) is 0 Å². The first-order valence-electron chi connectivity index (χ1n) is 12.3. The number of benzene rings is 2. The molecule has 5 nitrogen and oxygen atoms in total. The lowest BCUT2D eigenvalue weighted by atomic mass is 9.83. The molecule has 0 bridgehead atoms. The van der Waals surface area contributed by atoms with Crippen LogP contribution in [0.1, 0.15) is 67.2 Å². The maximum atomic E-state index is 12.2.